The Bertz CT molecular complexity index is 388. The van der Waals surface area contributed by atoms with Crippen LogP contribution in [0.3, 0.4) is 0 Å². The maximum absolute atomic E-state index is 10.9. The third kappa shape index (κ3) is 2.52. The van der Waals surface area contributed by atoms with Crippen molar-refractivity contribution in [1.29, 1.82) is 0 Å². The van der Waals surface area contributed by atoms with Gasteiger partial charge in [0.15, 0.2) is 0 Å². The van der Waals surface area contributed by atoms with E-state index in [0.717, 1.165) is 5.56 Å². The molecule has 88 valence electrons. The van der Waals surface area contributed by atoms with E-state index >= 15 is 0 Å². The molecule has 1 atom stereocenters. The number of carboxylic acid groups (broad SMARTS) is 1. The molecule has 0 aliphatic rings. The highest BCUT2D eigenvalue weighted by atomic mass is 16.5. The monoisotopic (exact) mass is 223 g/mol. The first-order valence-electron chi connectivity index (χ1n) is 5.13. The zero-order valence-electron chi connectivity index (χ0n) is 9.73. The molecule has 0 saturated carbocycles. The summed E-state index contributed by atoms with van der Waals surface area (Å²) in [5.74, 6) is -0.104. The lowest BCUT2D eigenvalue weighted by molar-refractivity contribution is -0.138. The van der Waals surface area contributed by atoms with Crippen LogP contribution in [-0.2, 0) is 4.79 Å². The Morgan fingerprint density at radius 1 is 1.38 bits per heavy atom. The van der Waals surface area contributed by atoms with Gasteiger partial charge in [-0.05, 0) is 29.2 Å². The predicted molar refractivity (Wildman–Crippen MR) is 61.6 cm³/mol. The summed E-state index contributed by atoms with van der Waals surface area (Å²) in [5.41, 5.74) is 7.18. The van der Waals surface area contributed by atoms with Crippen LogP contribution in [0.25, 0.3) is 0 Å². The second-order valence-electron chi connectivity index (χ2n) is 3.97. The minimum absolute atomic E-state index is 0.204. The van der Waals surface area contributed by atoms with Gasteiger partial charge in [0, 0.05) is 0 Å². The van der Waals surface area contributed by atoms with Crippen molar-refractivity contribution in [2.75, 3.05) is 7.11 Å². The van der Waals surface area contributed by atoms with Crippen LogP contribution in [0.15, 0.2) is 18.2 Å². The van der Waals surface area contributed by atoms with E-state index in [0.29, 0.717) is 11.3 Å². The smallest absolute Gasteiger partial charge is 0.325 e. The van der Waals surface area contributed by atoms with E-state index < -0.39 is 12.0 Å². The van der Waals surface area contributed by atoms with Crippen LogP contribution in [0.1, 0.15) is 36.9 Å². The molecule has 0 radical (unpaired) electrons. The first kappa shape index (κ1) is 12.5. The Morgan fingerprint density at radius 3 is 2.44 bits per heavy atom. The van der Waals surface area contributed by atoms with Crippen LogP contribution < -0.4 is 10.5 Å². The molecule has 0 aliphatic heterocycles. The van der Waals surface area contributed by atoms with Gasteiger partial charge in [-0.25, -0.2) is 0 Å². The molecule has 0 heterocycles. The number of rotatable bonds is 4. The molecule has 0 saturated heterocycles. The topological polar surface area (TPSA) is 72.5 Å². The molecule has 0 spiro atoms. The number of ether oxygens (including phenoxy) is 1. The first-order chi connectivity index (χ1) is 7.47. The molecule has 0 aliphatic carbocycles. The lowest BCUT2D eigenvalue weighted by Crippen LogP contribution is -2.22. The Kier molecular flexibility index (Phi) is 3.90. The zero-order chi connectivity index (χ0) is 12.3. The van der Waals surface area contributed by atoms with E-state index in [4.69, 9.17) is 15.6 Å². The van der Waals surface area contributed by atoms with E-state index in [1.165, 1.54) is 0 Å². The van der Waals surface area contributed by atoms with Crippen molar-refractivity contribution in [2.24, 2.45) is 5.73 Å². The van der Waals surface area contributed by atoms with Crippen molar-refractivity contribution in [2.45, 2.75) is 25.8 Å². The Hall–Kier alpha value is -1.55. The van der Waals surface area contributed by atoms with Crippen LogP contribution in [0.5, 0.6) is 5.75 Å². The third-order valence-electron chi connectivity index (χ3n) is 2.52. The van der Waals surface area contributed by atoms with E-state index in [-0.39, 0.29) is 5.92 Å². The summed E-state index contributed by atoms with van der Waals surface area (Å²) in [5, 5.41) is 8.91. The SMILES string of the molecule is COc1ccc(C(N)C(=O)O)c(C(C)C)c1. The molecule has 0 fully saturated rings. The van der Waals surface area contributed by atoms with Crippen LogP contribution >= 0.6 is 0 Å². The molecule has 1 aromatic carbocycles. The maximum atomic E-state index is 10.9. The Morgan fingerprint density at radius 2 is 2.00 bits per heavy atom. The fourth-order valence-corrected chi connectivity index (χ4v) is 1.60. The summed E-state index contributed by atoms with van der Waals surface area (Å²) in [6.45, 7) is 3.99. The number of carboxylic acids is 1. The van der Waals surface area contributed by atoms with Gasteiger partial charge in [-0.2, -0.15) is 0 Å². The molecule has 0 bridgehead atoms. The number of hydrogen-bond donors (Lipinski definition) is 2. The fourth-order valence-electron chi connectivity index (χ4n) is 1.60. The molecule has 3 N–H and O–H groups in total. The van der Waals surface area contributed by atoms with Crippen molar-refractivity contribution in [1.82, 2.24) is 0 Å². The molecule has 1 unspecified atom stereocenters. The largest absolute Gasteiger partial charge is 0.497 e. The van der Waals surface area contributed by atoms with Gasteiger partial charge >= 0.3 is 5.97 Å². The number of hydrogen-bond acceptors (Lipinski definition) is 3. The van der Waals surface area contributed by atoms with E-state index in [1.54, 1.807) is 19.2 Å². The van der Waals surface area contributed by atoms with E-state index in [9.17, 15) is 4.79 Å². The molecule has 4 heteroatoms. The number of benzene rings is 1. The van der Waals surface area contributed by atoms with Crippen LogP contribution in [0, 0.1) is 0 Å². The highest BCUT2D eigenvalue weighted by molar-refractivity contribution is 5.76. The average molecular weight is 223 g/mol. The second-order valence-corrected chi connectivity index (χ2v) is 3.97. The van der Waals surface area contributed by atoms with Crippen molar-refractivity contribution in [3.8, 4) is 5.75 Å². The van der Waals surface area contributed by atoms with Crippen molar-refractivity contribution in [3.05, 3.63) is 29.3 Å². The van der Waals surface area contributed by atoms with Crippen molar-refractivity contribution >= 4 is 5.97 Å². The van der Waals surface area contributed by atoms with E-state index in [2.05, 4.69) is 0 Å². The lowest BCUT2D eigenvalue weighted by atomic mass is 9.93. The molecule has 0 amide bonds. The third-order valence-corrected chi connectivity index (χ3v) is 2.52. The number of methoxy groups -OCH3 is 1. The summed E-state index contributed by atoms with van der Waals surface area (Å²) in [6, 6.07) is 4.29. The van der Waals surface area contributed by atoms with Gasteiger partial charge in [0.25, 0.3) is 0 Å². The molecule has 1 aromatic rings. The molecular weight excluding hydrogens is 206 g/mol. The number of aliphatic carboxylic acids is 1. The standard InChI is InChI=1S/C12H17NO3/c1-7(2)10-6-8(16-3)4-5-9(10)11(13)12(14)15/h4-7,11H,13H2,1-3H3,(H,14,15). The number of nitrogens with two attached hydrogens (primary N) is 1. The minimum atomic E-state index is -1.02. The minimum Gasteiger partial charge on any atom is -0.497 e. The number of carbonyl (C=O) groups is 1. The summed E-state index contributed by atoms with van der Waals surface area (Å²) in [6.07, 6.45) is 0. The quantitative estimate of drug-likeness (QED) is 0.817. The van der Waals surface area contributed by atoms with Crippen molar-refractivity contribution < 1.29 is 14.6 Å². The Labute approximate surface area is 95.0 Å². The van der Waals surface area contributed by atoms with E-state index in [1.807, 2.05) is 19.9 Å². The van der Waals surface area contributed by atoms with Crippen molar-refractivity contribution in [3.63, 3.8) is 0 Å². The summed E-state index contributed by atoms with van der Waals surface area (Å²) >= 11 is 0. The molecule has 16 heavy (non-hydrogen) atoms. The maximum Gasteiger partial charge on any atom is 0.325 e. The predicted octanol–water partition coefficient (Wildman–Crippen LogP) is 1.90. The molecule has 4 nitrogen and oxygen atoms in total. The molecular formula is C12H17NO3. The zero-order valence-corrected chi connectivity index (χ0v) is 9.73. The van der Waals surface area contributed by atoms with Gasteiger partial charge in [0.05, 0.1) is 7.11 Å². The summed E-state index contributed by atoms with van der Waals surface area (Å²) in [4.78, 5) is 10.9. The molecule has 0 aromatic heterocycles. The van der Waals surface area contributed by atoms with Gasteiger partial charge in [-0.15, -0.1) is 0 Å². The summed E-state index contributed by atoms with van der Waals surface area (Å²) < 4.78 is 5.11. The first-order valence-corrected chi connectivity index (χ1v) is 5.13. The summed E-state index contributed by atoms with van der Waals surface area (Å²) in [7, 11) is 1.58. The van der Waals surface area contributed by atoms with Gasteiger partial charge in [0.1, 0.15) is 11.8 Å². The molecule has 1 rings (SSSR count). The van der Waals surface area contributed by atoms with Gasteiger partial charge in [0.2, 0.25) is 0 Å². The highest BCUT2D eigenvalue weighted by Gasteiger charge is 2.19. The average Bonchev–Trinajstić information content (AvgIpc) is 2.26. The Balaban J connectivity index is 3.22. The highest BCUT2D eigenvalue weighted by Crippen LogP contribution is 2.28. The van der Waals surface area contributed by atoms with Crippen LogP contribution in [0.4, 0.5) is 0 Å². The van der Waals surface area contributed by atoms with Gasteiger partial charge < -0.3 is 15.6 Å². The van der Waals surface area contributed by atoms with Gasteiger partial charge in [-0.3, -0.25) is 4.79 Å². The second kappa shape index (κ2) is 4.99. The van der Waals surface area contributed by atoms with Crippen LogP contribution in [-0.4, -0.2) is 18.2 Å². The fraction of sp³-hybridized carbons (Fsp3) is 0.417. The van der Waals surface area contributed by atoms with Crippen LogP contribution in [0.2, 0.25) is 0 Å². The lowest BCUT2D eigenvalue weighted by Gasteiger charge is -2.16. The van der Waals surface area contributed by atoms with Gasteiger partial charge in [-0.1, -0.05) is 19.9 Å². The normalized spacial score (nSPS) is 12.6.